The molecule has 2 nitrogen and oxygen atoms in total. The van der Waals surface area contributed by atoms with Crippen LogP contribution in [0.1, 0.15) is 49.4 Å². The molecule has 0 saturated heterocycles. The van der Waals surface area contributed by atoms with Crippen LogP contribution < -0.4 is 0 Å². The Morgan fingerprint density at radius 1 is 1.26 bits per heavy atom. The summed E-state index contributed by atoms with van der Waals surface area (Å²) in [6, 6.07) is 2.62. The van der Waals surface area contributed by atoms with Gasteiger partial charge in [-0.3, -0.25) is 0 Å². The third-order valence-corrected chi connectivity index (χ3v) is 6.05. The molecular weight excluding hydrogens is 320 g/mol. The maximum Gasteiger partial charge on any atom is 0.0952 e. The van der Waals surface area contributed by atoms with E-state index < -0.39 is 0 Å². The third-order valence-electron chi connectivity index (χ3n) is 4.11. The molecular formula is C15H19BrN2S. The number of nitrogens with zero attached hydrogens (tertiary/aromatic N) is 2. The van der Waals surface area contributed by atoms with Gasteiger partial charge in [-0.05, 0) is 46.1 Å². The van der Waals surface area contributed by atoms with E-state index in [4.69, 9.17) is 0 Å². The van der Waals surface area contributed by atoms with Gasteiger partial charge in [-0.1, -0.05) is 25.7 Å². The summed E-state index contributed by atoms with van der Waals surface area (Å²) in [5.74, 6) is 0.742. The molecule has 0 amide bonds. The zero-order valence-electron chi connectivity index (χ0n) is 11.0. The molecule has 0 N–H and O–H groups in total. The summed E-state index contributed by atoms with van der Waals surface area (Å²) in [4.78, 5) is 5.70. The van der Waals surface area contributed by atoms with E-state index in [1.54, 1.807) is 0 Å². The van der Waals surface area contributed by atoms with Gasteiger partial charge < -0.3 is 4.57 Å². The minimum Gasteiger partial charge on any atom is -0.329 e. The molecule has 0 aliphatic heterocycles. The second-order valence-electron chi connectivity index (χ2n) is 5.34. The van der Waals surface area contributed by atoms with Gasteiger partial charge in [0.15, 0.2) is 0 Å². The second kappa shape index (κ2) is 6.23. The van der Waals surface area contributed by atoms with Crippen molar-refractivity contribution in [2.45, 2.75) is 44.6 Å². The van der Waals surface area contributed by atoms with Crippen LogP contribution >= 0.6 is 27.3 Å². The molecule has 0 aromatic carbocycles. The van der Waals surface area contributed by atoms with E-state index in [2.05, 4.69) is 43.1 Å². The van der Waals surface area contributed by atoms with Crippen molar-refractivity contribution in [3.63, 3.8) is 0 Å². The molecule has 0 spiro atoms. The van der Waals surface area contributed by atoms with Crippen LogP contribution in [0.15, 0.2) is 34.6 Å². The van der Waals surface area contributed by atoms with E-state index in [1.165, 1.54) is 47.9 Å². The first-order valence-electron chi connectivity index (χ1n) is 7.06. The molecule has 2 aromatic rings. The van der Waals surface area contributed by atoms with Crippen LogP contribution in [0, 0.1) is 5.92 Å². The van der Waals surface area contributed by atoms with Crippen LogP contribution in [0.4, 0.5) is 0 Å². The molecule has 1 unspecified atom stereocenters. The first-order chi connectivity index (χ1) is 9.36. The molecule has 19 heavy (non-hydrogen) atoms. The molecule has 4 heteroatoms. The van der Waals surface area contributed by atoms with Gasteiger partial charge in [-0.25, -0.2) is 4.98 Å². The molecule has 0 bridgehead atoms. The van der Waals surface area contributed by atoms with Gasteiger partial charge in [0.1, 0.15) is 0 Å². The summed E-state index contributed by atoms with van der Waals surface area (Å²) >= 11 is 5.58. The third kappa shape index (κ3) is 2.95. The van der Waals surface area contributed by atoms with Crippen LogP contribution in [0.2, 0.25) is 0 Å². The highest BCUT2D eigenvalue weighted by molar-refractivity contribution is 9.10. The van der Waals surface area contributed by atoms with E-state index >= 15 is 0 Å². The van der Waals surface area contributed by atoms with E-state index in [0.717, 1.165) is 5.92 Å². The summed E-state index contributed by atoms with van der Waals surface area (Å²) in [6.07, 6.45) is 14.2. The highest BCUT2D eigenvalue weighted by Crippen LogP contribution is 2.41. The average molecular weight is 339 g/mol. The Balaban J connectivity index is 1.94. The van der Waals surface area contributed by atoms with Crippen molar-refractivity contribution in [3.8, 4) is 0 Å². The van der Waals surface area contributed by atoms with Crippen molar-refractivity contribution < 1.29 is 0 Å². The monoisotopic (exact) mass is 338 g/mol. The molecule has 1 saturated carbocycles. The van der Waals surface area contributed by atoms with Crippen molar-refractivity contribution >= 4 is 27.3 Å². The summed E-state index contributed by atoms with van der Waals surface area (Å²) in [6.45, 7) is 0. The summed E-state index contributed by atoms with van der Waals surface area (Å²) < 4.78 is 3.55. The number of imidazole rings is 1. The van der Waals surface area contributed by atoms with Gasteiger partial charge >= 0.3 is 0 Å². The largest absolute Gasteiger partial charge is 0.329 e. The number of hydrogen-bond acceptors (Lipinski definition) is 2. The van der Waals surface area contributed by atoms with Crippen molar-refractivity contribution in [1.82, 2.24) is 9.55 Å². The summed E-state index contributed by atoms with van der Waals surface area (Å²) in [5, 5.41) is 2.18. The second-order valence-corrected chi connectivity index (χ2v) is 7.14. The maximum absolute atomic E-state index is 4.25. The Morgan fingerprint density at radius 3 is 2.63 bits per heavy atom. The standard InChI is InChI=1S/C15H19BrN2S/c16-13-7-10-19-15(13)14(18-9-8-17-11-18)12-5-3-1-2-4-6-12/h7-12,14H,1-6H2. The van der Waals surface area contributed by atoms with Crippen molar-refractivity contribution in [3.05, 3.63) is 39.5 Å². The quantitative estimate of drug-likeness (QED) is 0.697. The van der Waals surface area contributed by atoms with Gasteiger partial charge in [0.2, 0.25) is 0 Å². The molecule has 1 fully saturated rings. The lowest BCUT2D eigenvalue weighted by molar-refractivity contribution is 0.341. The molecule has 1 aliphatic carbocycles. The van der Waals surface area contributed by atoms with Crippen molar-refractivity contribution in [2.75, 3.05) is 0 Å². The summed E-state index contributed by atoms with van der Waals surface area (Å²) in [7, 11) is 0. The normalized spacial score (nSPS) is 19.2. The lowest BCUT2D eigenvalue weighted by Gasteiger charge is -2.27. The van der Waals surface area contributed by atoms with E-state index in [0.29, 0.717) is 6.04 Å². The summed E-state index contributed by atoms with van der Waals surface area (Å²) in [5.41, 5.74) is 0. The van der Waals surface area contributed by atoms with Crippen molar-refractivity contribution in [1.29, 1.82) is 0 Å². The molecule has 0 radical (unpaired) electrons. The SMILES string of the molecule is Brc1ccsc1C(C1CCCCCC1)n1ccnc1. The Bertz CT molecular complexity index is 498. The lowest BCUT2D eigenvalue weighted by Crippen LogP contribution is -2.19. The highest BCUT2D eigenvalue weighted by atomic mass is 79.9. The number of aromatic nitrogens is 2. The molecule has 3 rings (SSSR count). The average Bonchev–Trinajstić information content (AvgIpc) is 2.99. The van der Waals surface area contributed by atoms with Crippen LogP contribution in [0.25, 0.3) is 0 Å². The van der Waals surface area contributed by atoms with Crippen LogP contribution in [-0.4, -0.2) is 9.55 Å². The van der Waals surface area contributed by atoms with Gasteiger partial charge in [-0.15, -0.1) is 11.3 Å². The number of halogens is 1. The zero-order chi connectivity index (χ0) is 13.1. The Hall–Kier alpha value is -0.610. The van der Waals surface area contributed by atoms with Gasteiger partial charge in [0, 0.05) is 21.7 Å². The number of hydrogen-bond donors (Lipinski definition) is 0. The van der Waals surface area contributed by atoms with Crippen LogP contribution in [0.3, 0.4) is 0 Å². The fraction of sp³-hybridized carbons (Fsp3) is 0.533. The van der Waals surface area contributed by atoms with E-state index in [-0.39, 0.29) is 0 Å². The Morgan fingerprint density at radius 2 is 2.05 bits per heavy atom. The first kappa shape index (κ1) is 13.4. The van der Waals surface area contributed by atoms with Crippen molar-refractivity contribution in [2.24, 2.45) is 5.92 Å². The maximum atomic E-state index is 4.25. The minimum absolute atomic E-state index is 0.454. The van der Waals surface area contributed by atoms with Gasteiger partial charge in [0.25, 0.3) is 0 Å². The fourth-order valence-electron chi connectivity index (χ4n) is 3.17. The first-order valence-corrected chi connectivity index (χ1v) is 8.74. The molecule has 2 heterocycles. The highest BCUT2D eigenvalue weighted by Gasteiger charge is 2.27. The smallest absolute Gasteiger partial charge is 0.0952 e. The zero-order valence-corrected chi connectivity index (χ0v) is 13.4. The van der Waals surface area contributed by atoms with Crippen LogP contribution in [-0.2, 0) is 0 Å². The van der Waals surface area contributed by atoms with E-state index in [1.807, 2.05) is 23.9 Å². The predicted molar refractivity (Wildman–Crippen MR) is 83.6 cm³/mol. The Kier molecular flexibility index (Phi) is 4.38. The van der Waals surface area contributed by atoms with E-state index in [9.17, 15) is 0 Å². The fourth-order valence-corrected chi connectivity index (χ4v) is 4.98. The number of thiophene rings is 1. The predicted octanol–water partition coefficient (Wildman–Crippen LogP) is 5.27. The molecule has 102 valence electrons. The lowest BCUT2D eigenvalue weighted by atomic mass is 9.90. The van der Waals surface area contributed by atoms with Crippen LogP contribution in [0.5, 0.6) is 0 Å². The minimum atomic E-state index is 0.454. The number of rotatable bonds is 3. The van der Waals surface area contributed by atoms with Gasteiger partial charge in [0.05, 0.1) is 12.4 Å². The molecule has 1 atom stereocenters. The molecule has 1 aliphatic rings. The topological polar surface area (TPSA) is 17.8 Å². The molecule has 2 aromatic heterocycles. The van der Waals surface area contributed by atoms with Gasteiger partial charge in [-0.2, -0.15) is 0 Å². The Labute approximate surface area is 127 Å².